The summed E-state index contributed by atoms with van der Waals surface area (Å²) < 4.78 is 22.0. The second-order valence-electron chi connectivity index (χ2n) is 12.0. The third kappa shape index (κ3) is 4.82. The summed E-state index contributed by atoms with van der Waals surface area (Å²) in [6, 6.07) is 0. The van der Waals surface area contributed by atoms with Crippen molar-refractivity contribution < 1.29 is 18.7 Å². The minimum atomic E-state index is -0.888. The van der Waals surface area contributed by atoms with Crippen molar-refractivity contribution >= 4 is 11.8 Å². The molecule has 0 aromatic carbocycles. The van der Waals surface area contributed by atoms with E-state index in [0.29, 0.717) is 31.1 Å². The normalized spacial score (nSPS) is 39.9. The summed E-state index contributed by atoms with van der Waals surface area (Å²) in [7, 11) is 0. The van der Waals surface area contributed by atoms with Crippen LogP contribution in [0, 0.1) is 28.6 Å². The van der Waals surface area contributed by atoms with Crippen LogP contribution in [0.4, 0.5) is 4.39 Å². The van der Waals surface area contributed by atoms with Gasteiger partial charge in [-0.15, -0.1) is 0 Å². The maximum Gasteiger partial charge on any atom is 0.306 e. The summed E-state index contributed by atoms with van der Waals surface area (Å²) in [5.74, 6) is 0.888. The van der Waals surface area contributed by atoms with Crippen LogP contribution < -0.4 is 0 Å². The van der Waals surface area contributed by atoms with Crippen LogP contribution in [0.1, 0.15) is 117 Å². The number of fused-ring (bicyclic) bond motifs is 5. The molecule has 0 aromatic heterocycles. The Labute approximate surface area is 200 Å². The fraction of sp³-hybridized carbons (Fsp3) is 0.862. The quantitative estimate of drug-likeness (QED) is 0.264. The highest BCUT2D eigenvalue weighted by Crippen LogP contribution is 2.66. The number of halogens is 1. The van der Waals surface area contributed by atoms with E-state index >= 15 is 4.39 Å². The number of esters is 1. The minimum Gasteiger partial charge on any atom is -0.462 e. The van der Waals surface area contributed by atoms with E-state index in [0.717, 1.165) is 44.9 Å². The minimum absolute atomic E-state index is 0.00540. The molecule has 4 aliphatic carbocycles. The van der Waals surface area contributed by atoms with Gasteiger partial charge in [0.1, 0.15) is 12.3 Å². The maximum atomic E-state index is 15.9. The molecular weight excluding hydrogens is 415 g/mol. The zero-order chi connectivity index (χ0) is 23.6. The molecule has 3 nitrogen and oxygen atoms in total. The Morgan fingerprint density at radius 3 is 2.55 bits per heavy atom. The van der Waals surface area contributed by atoms with Crippen molar-refractivity contribution in [3.8, 4) is 0 Å². The molecule has 33 heavy (non-hydrogen) atoms. The van der Waals surface area contributed by atoms with E-state index < -0.39 is 6.17 Å². The standard InChI is InChI=1S/C29H45FO3/c1-4-5-6-7-8-9-10-11-26(32)33-25-15-14-23-22-13-12-20-18-21(31)16-17-28(20,2)27(22)24(30)19-29(23,25)3/h18,22-25,27H,4-17,19H2,1-3H3/t22-,23-,24-,25-,27+,28-,29-/m0/s1. The number of rotatable bonds is 9. The molecule has 0 radical (unpaired) electrons. The largest absolute Gasteiger partial charge is 0.462 e. The number of hydrogen-bond acceptors (Lipinski definition) is 3. The van der Waals surface area contributed by atoms with Gasteiger partial charge in [-0.2, -0.15) is 0 Å². The molecule has 0 spiro atoms. The van der Waals surface area contributed by atoms with Gasteiger partial charge in [0.2, 0.25) is 0 Å². The van der Waals surface area contributed by atoms with Crippen LogP contribution in [-0.2, 0) is 14.3 Å². The molecule has 0 heterocycles. The molecule has 0 amide bonds. The van der Waals surface area contributed by atoms with Gasteiger partial charge < -0.3 is 4.74 Å². The van der Waals surface area contributed by atoms with E-state index in [9.17, 15) is 9.59 Å². The first-order valence-corrected chi connectivity index (χ1v) is 13.9. The van der Waals surface area contributed by atoms with Crippen molar-refractivity contribution in [1.29, 1.82) is 0 Å². The van der Waals surface area contributed by atoms with Gasteiger partial charge in [-0.3, -0.25) is 9.59 Å². The fourth-order valence-corrected chi connectivity index (χ4v) is 8.21. The first-order valence-electron chi connectivity index (χ1n) is 13.9. The highest BCUT2D eigenvalue weighted by Gasteiger charge is 2.63. The summed E-state index contributed by atoms with van der Waals surface area (Å²) >= 11 is 0. The zero-order valence-corrected chi connectivity index (χ0v) is 21.2. The van der Waals surface area contributed by atoms with Crippen molar-refractivity contribution in [3.63, 3.8) is 0 Å². The fourth-order valence-electron chi connectivity index (χ4n) is 8.21. The second kappa shape index (κ2) is 10.2. The average Bonchev–Trinajstić information content (AvgIpc) is 3.08. The van der Waals surface area contributed by atoms with E-state index in [1.807, 2.05) is 6.08 Å². The molecule has 0 unspecified atom stereocenters. The summed E-state index contributed by atoms with van der Waals surface area (Å²) in [5, 5.41) is 0. The Morgan fingerprint density at radius 1 is 1.06 bits per heavy atom. The Bertz CT molecular complexity index is 760. The molecule has 7 atom stereocenters. The number of unbranched alkanes of at least 4 members (excludes halogenated alkanes) is 6. The molecule has 0 N–H and O–H groups in total. The lowest BCUT2D eigenvalue weighted by Gasteiger charge is -2.58. The van der Waals surface area contributed by atoms with Crippen molar-refractivity contribution in [2.24, 2.45) is 28.6 Å². The van der Waals surface area contributed by atoms with Gasteiger partial charge in [0.05, 0.1) is 0 Å². The maximum absolute atomic E-state index is 15.9. The topological polar surface area (TPSA) is 43.4 Å². The highest BCUT2D eigenvalue weighted by molar-refractivity contribution is 5.91. The molecule has 0 bridgehead atoms. The molecule has 0 aromatic rings. The van der Waals surface area contributed by atoms with E-state index in [2.05, 4.69) is 20.8 Å². The molecule has 3 saturated carbocycles. The first-order chi connectivity index (χ1) is 15.8. The van der Waals surface area contributed by atoms with Crippen LogP contribution in [0.3, 0.4) is 0 Å². The summed E-state index contributed by atoms with van der Waals surface area (Å²) in [6.07, 6.45) is 15.2. The molecular formula is C29H45FO3. The Balaban J connectivity index is 1.35. The third-order valence-electron chi connectivity index (χ3n) is 10.0. The zero-order valence-electron chi connectivity index (χ0n) is 21.2. The van der Waals surface area contributed by atoms with Crippen LogP contribution in [-0.4, -0.2) is 24.0 Å². The Hall–Kier alpha value is -1.19. The lowest BCUT2D eigenvalue weighted by Crippen LogP contribution is -2.56. The number of ether oxygens (including phenoxy) is 1. The van der Waals surface area contributed by atoms with E-state index in [4.69, 9.17) is 4.74 Å². The van der Waals surface area contributed by atoms with Crippen molar-refractivity contribution in [2.45, 2.75) is 129 Å². The molecule has 4 rings (SSSR count). The Kier molecular flexibility index (Phi) is 7.70. The predicted octanol–water partition coefficient (Wildman–Crippen LogP) is 7.52. The number of ketones is 1. The monoisotopic (exact) mass is 460 g/mol. The second-order valence-corrected chi connectivity index (χ2v) is 12.0. The summed E-state index contributed by atoms with van der Waals surface area (Å²) in [4.78, 5) is 24.6. The van der Waals surface area contributed by atoms with Gasteiger partial charge in [0, 0.05) is 24.2 Å². The van der Waals surface area contributed by atoms with Gasteiger partial charge >= 0.3 is 5.97 Å². The number of carbonyl (C=O) groups is 2. The number of hydrogen-bond donors (Lipinski definition) is 0. The van der Waals surface area contributed by atoms with E-state index in [1.54, 1.807) is 0 Å². The third-order valence-corrected chi connectivity index (χ3v) is 10.0. The predicted molar refractivity (Wildman–Crippen MR) is 129 cm³/mol. The Morgan fingerprint density at radius 2 is 1.79 bits per heavy atom. The molecule has 3 fully saturated rings. The molecule has 0 saturated heterocycles. The molecule has 0 aliphatic heterocycles. The summed E-state index contributed by atoms with van der Waals surface area (Å²) in [5.41, 5.74) is 0.768. The highest BCUT2D eigenvalue weighted by atomic mass is 19.1. The van der Waals surface area contributed by atoms with Crippen molar-refractivity contribution in [2.75, 3.05) is 0 Å². The first kappa shape index (κ1) is 24.9. The van der Waals surface area contributed by atoms with E-state index in [-0.39, 0.29) is 34.6 Å². The SMILES string of the molecule is CCCCCCCCCC(=O)O[C@H]1CC[C@H]2[C@@H]3CCC4=CC(=O)CC[C@]4(C)[C@H]3[C@@H](F)C[C@]12C. The number of alkyl halides is 1. The average molecular weight is 461 g/mol. The number of allylic oxidation sites excluding steroid dienone is 1. The number of carbonyl (C=O) groups excluding carboxylic acids is 2. The van der Waals surface area contributed by atoms with Gasteiger partial charge in [-0.05, 0) is 68.3 Å². The molecule has 4 aliphatic rings. The lowest BCUT2D eigenvalue weighted by atomic mass is 9.47. The van der Waals surface area contributed by atoms with Crippen LogP contribution in [0.25, 0.3) is 0 Å². The smallest absolute Gasteiger partial charge is 0.306 e. The van der Waals surface area contributed by atoms with Gasteiger partial charge in [0.15, 0.2) is 5.78 Å². The van der Waals surface area contributed by atoms with Crippen molar-refractivity contribution in [3.05, 3.63) is 11.6 Å². The van der Waals surface area contributed by atoms with E-state index in [1.165, 1.54) is 37.7 Å². The molecule has 4 heteroatoms. The van der Waals surface area contributed by atoms with Crippen LogP contribution in [0.15, 0.2) is 11.6 Å². The van der Waals surface area contributed by atoms with Crippen LogP contribution in [0.5, 0.6) is 0 Å². The molecule has 186 valence electrons. The lowest BCUT2D eigenvalue weighted by molar-refractivity contribution is -0.165. The van der Waals surface area contributed by atoms with Gasteiger partial charge in [0.25, 0.3) is 0 Å². The van der Waals surface area contributed by atoms with Crippen molar-refractivity contribution in [1.82, 2.24) is 0 Å². The van der Waals surface area contributed by atoms with Crippen LogP contribution >= 0.6 is 0 Å². The van der Waals surface area contributed by atoms with Gasteiger partial charge in [-0.1, -0.05) is 64.9 Å². The van der Waals surface area contributed by atoms with Gasteiger partial charge in [-0.25, -0.2) is 4.39 Å². The summed E-state index contributed by atoms with van der Waals surface area (Å²) in [6.45, 7) is 6.63. The van der Waals surface area contributed by atoms with Crippen LogP contribution in [0.2, 0.25) is 0 Å².